The van der Waals surface area contributed by atoms with Crippen molar-refractivity contribution in [2.45, 2.75) is 31.9 Å². The number of nitrogens with zero attached hydrogens (tertiary/aromatic N) is 2. The van der Waals surface area contributed by atoms with Crippen LogP contribution >= 0.6 is 0 Å². The van der Waals surface area contributed by atoms with Crippen LogP contribution in [-0.2, 0) is 17.8 Å². The van der Waals surface area contributed by atoms with Crippen molar-refractivity contribution in [2.75, 3.05) is 13.7 Å². The summed E-state index contributed by atoms with van der Waals surface area (Å²) in [5.41, 5.74) is 0. The van der Waals surface area contributed by atoms with Crippen LogP contribution in [0.25, 0.3) is 0 Å². The quantitative estimate of drug-likeness (QED) is 0.720. The van der Waals surface area contributed by atoms with Crippen molar-refractivity contribution in [2.24, 2.45) is 0 Å². The first kappa shape index (κ1) is 9.61. The predicted molar refractivity (Wildman–Crippen MR) is 49.7 cm³/mol. The summed E-state index contributed by atoms with van der Waals surface area (Å²) in [4.78, 5) is 0. The van der Waals surface area contributed by atoms with Gasteiger partial charge in [0.05, 0.1) is 0 Å². The molecule has 1 N–H and O–H groups in total. The van der Waals surface area contributed by atoms with Gasteiger partial charge in [-0.15, -0.1) is 10.2 Å². The Hall–Kier alpha value is -0.940. The number of aromatic nitrogens is 2. The van der Waals surface area contributed by atoms with E-state index in [0.717, 1.165) is 19.0 Å². The maximum atomic E-state index is 5.34. The van der Waals surface area contributed by atoms with Gasteiger partial charge in [0.25, 0.3) is 0 Å². The van der Waals surface area contributed by atoms with Gasteiger partial charge < -0.3 is 14.5 Å². The molecule has 0 amide bonds. The molecule has 0 saturated heterocycles. The minimum absolute atomic E-state index is 0.392. The number of methoxy groups -OCH3 is 1. The second-order valence-corrected chi connectivity index (χ2v) is 3.50. The average Bonchev–Trinajstić information content (AvgIpc) is 2.88. The van der Waals surface area contributed by atoms with E-state index in [4.69, 9.17) is 9.15 Å². The van der Waals surface area contributed by atoms with Gasteiger partial charge in [-0.2, -0.15) is 0 Å². The molecule has 0 radical (unpaired) electrons. The van der Waals surface area contributed by atoms with Crippen molar-refractivity contribution >= 4 is 0 Å². The molecule has 1 aliphatic rings. The number of nitrogens with one attached hydrogen (secondary N) is 1. The van der Waals surface area contributed by atoms with E-state index in [9.17, 15) is 0 Å². The van der Waals surface area contributed by atoms with Gasteiger partial charge in [0.15, 0.2) is 0 Å². The van der Waals surface area contributed by atoms with Crippen LogP contribution in [0.15, 0.2) is 4.42 Å². The molecular formula is C9H15N3O2. The van der Waals surface area contributed by atoms with Gasteiger partial charge in [0.1, 0.15) is 6.61 Å². The lowest BCUT2D eigenvalue weighted by molar-refractivity contribution is 0.158. The monoisotopic (exact) mass is 197 g/mol. The molecule has 0 spiro atoms. The third-order valence-electron chi connectivity index (χ3n) is 2.13. The van der Waals surface area contributed by atoms with Gasteiger partial charge in [-0.05, 0) is 12.8 Å². The summed E-state index contributed by atoms with van der Waals surface area (Å²) in [5.74, 6) is 1.24. The molecule has 1 heterocycles. The summed E-state index contributed by atoms with van der Waals surface area (Å²) in [7, 11) is 1.61. The molecule has 0 bridgehead atoms. The maximum Gasteiger partial charge on any atom is 0.242 e. The normalized spacial score (nSPS) is 16.1. The molecule has 1 aliphatic carbocycles. The van der Waals surface area contributed by atoms with Crippen LogP contribution in [0.5, 0.6) is 0 Å². The first-order valence-corrected chi connectivity index (χ1v) is 4.92. The maximum absolute atomic E-state index is 5.34. The smallest absolute Gasteiger partial charge is 0.242 e. The van der Waals surface area contributed by atoms with Crippen LogP contribution < -0.4 is 5.32 Å². The molecule has 1 aromatic rings. The molecule has 1 saturated carbocycles. The number of hydrogen-bond acceptors (Lipinski definition) is 5. The molecular weight excluding hydrogens is 182 g/mol. The molecule has 5 nitrogen and oxygen atoms in total. The van der Waals surface area contributed by atoms with Crippen LogP contribution in [0.1, 0.15) is 24.6 Å². The minimum atomic E-state index is 0.392. The second-order valence-electron chi connectivity index (χ2n) is 3.50. The Labute approximate surface area is 82.8 Å². The molecule has 5 heteroatoms. The van der Waals surface area contributed by atoms with E-state index in [1.165, 1.54) is 12.8 Å². The third kappa shape index (κ3) is 2.78. The van der Waals surface area contributed by atoms with E-state index in [0.29, 0.717) is 18.4 Å². The average molecular weight is 197 g/mol. The molecule has 1 fully saturated rings. The van der Waals surface area contributed by atoms with Crippen molar-refractivity contribution in [1.29, 1.82) is 0 Å². The van der Waals surface area contributed by atoms with Crippen LogP contribution in [0.3, 0.4) is 0 Å². The number of rotatable bonds is 6. The van der Waals surface area contributed by atoms with E-state index in [1.807, 2.05) is 0 Å². The fourth-order valence-electron chi connectivity index (χ4n) is 1.24. The molecule has 0 aliphatic heterocycles. The molecule has 78 valence electrons. The summed E-state index contributed by atoms with van der Waals surface area (Å²) < 4.78 is 10.2. The summed E-state index contributed by atoms with van der Waals surface area (Å²) in [6, 6.07) is 0.733. The lowest BCUT2D eigenvalue weighted by Crippen LogP contribution is -2.19. The van der Waals surface area contributed by atoms with E-state index in [2.05, 4.69) is 15.5 Å². The Morgan fingerprint density at radius 3 is 2.93 bits per heavy atom. The van der Waals surface area contributed by atoms with Gasteiger partial charge in [0.2, 0.25) is 11.8 Å². The molecule has 0 atom stereocenters. The Kier molecular flexibility index (Phi) is 3.10. The zero-order valence-electron chi connectivity index (χ0n) is 8.32. The van der Waals surface area contributed by atoms with Crippen molar-refractivity contribution < 1.29 is 9.15 Å². The standard InChI is InChI=1S/C9H15N3O2/c1-13-6-9-12-11-8(14-9)4-5-10-7-2-3-7/h7,10H,2-6H2,1H3. The fraction of sp³-hybridized carbons (Fsp3) is 0.778. The van der Waals surface area contributed by atoms with Crippen molar-refractivity contribution in [3.8, 4) is 0 Å². The van der Waals surface area contributed by atoms with Gasteiger partial charge in [-0.3, -0.25) is 0 Å². The lowest BCUT2D eigenvalue weighted by Gasteiger charge is -1.97. The molecule has 14 heavy (non-hydrogen) atoms. The Bertz CT molecular complexity index is 283. The summed E-state index contributed by atoms with van der Waals surface area (Å²) in [5, 5.41) is 11.2. The van der Waals surface area contributed by atoms with E-state index < -0.39 is 0 Å². The summed E-state index contributed by atoms with van der Waals surface area (Å²) in [6.45, 7) is 1.31. The van der Waals surface area contributed by atoms with Crippen LogP contribution in [0.4, 0.5) is 0 Å². The fourth-order valence-corrected chi connectivity index (χ4v) is 1.24. The topological polar surface area (TPSA) is 60.2 Å². The highest BCUT2D eigenvalue weighted by Gasteiger charge is 2.20. The van der Waals surface area contributed by atoms with Crippen molar-refractivity contribution in [3.05, 3.63) is 11.8 Å². The van der Waals surface area contributed by atoms with E-state index >= 15 is 0 Å². The first-order valence-electron chi connectivity index (χ1n) is 4.92. The van der Waals surface area contributed by atoms with Crippen LogP contribution in [-0.4, -0.2) is 29.9 Å². The number of hydrogen-bond donors (Lipinski definition) is 1. The second kappa shape index (κ2) is 4.52. The summed E-state index contributed by atoms with van der Waals surface area (Å²) in [6.07, 6.45) is 3.41. The Balaban J connectivity index is 1.71. The molecule has 2 rings (SSSR count). The third-order valence-corrected chi connectivity index (χ3v) is 2.13. The minimum Gasteiger partial charge on any atom is -0.423 e. The highest BCUT2D eigenvalue weighted by molar-refractivity contribution is 4.85. The molecule has 0 unspecified atom stereocenters. The predicted octanol–water partition coefficient (Wildman–Crippen LogP) is 0.510. The summed E-state index contributed by atoms with van der Waals surface area (Å²) >= 11 is 0. The molecule has 0 aromatic carbocycles. The van der Waals surface area contributed by atoms with Gasteiger partial charge in [0, 0.05) is 26.1 Å². The van der Waals surface area contributed by atoms with Crippen LogP contribution in [0, 0.1) is 0 Å². The van der Waals surface area contributed by atoms with Gasteiger partial charge in [-0.25, -0.2) is 0 Å². The molecule has 1 aromatic heterocycles. The first-order chi connectivity index (χ1) is 6.88. The highest BCUT2D eigenvalue weighted by atomic mass is 16.5. The Morgan fingerprint density at radius 2 is 2.21 bits per heavy atom. The van der Waals surface area contributed by atoms with Crippen LogP contribution in [0.2, 0.25) is 0 Å². The largest absolute Gasteiger partial charge is 0.423 e. The van der Waals surface area contributed by atoms with Gasteiger partial charge in [-0.1, -0.05) is 0 Å². The van der Waals surface area contributed by atoms with E-state index in [1.54, 1.807) is 7.11 Å². The highest BCUT2D eigenvalue weighted by Crippen LogP contribution is 2.18. The zero-order chi connectivity index (χ0) is 9.80. The van der Waals surface area contributed by atoms with E-state index in [-0.39, 0.29) is 0 Å². The Morgan fingerprint density at radius 1 is 1.43 bits per heavy atom. The SMILES string of the molecule is COCc1nnc(CCNC2CC2)o1. The van der Waals surface area contributed by atoms with Crippen molar-refractivity contribution in [3.63, 3.8) is 0 Å². The van der Waals surface area contributed by atoms with Gasteiger partial charge >= 0.3 is 0 Å². The number of ether oxygens (including phenoxy) is 1. The lowest BCUT2D eigenvalue weighted by atomic mass is 10.4. The van der Waals surface area contributed by atoms with Crippen molar-refractivity contribution in [1.82, 2.24) is 15.5 Å². The zero-order valence-corrected chi connectivity index (χ0v) is 8.32.